The Bertz CT molecular complexity index is 307. The van der Waals surface area contributed by atoms with Crippen molar-refractivity contribution in [3.05, 3.63) is 29.6 Å². The summed E-state index contributed by atoms with van der Waals surface area (Å²) in [7, 11) is 0. The van der Waals surface area contributed by atoms with Gasteiger partial charge < -0.3 is 5.11 Å². The molecule has 2 nitrogen and oxygen atoms in total. The second kappa shape index (κ2) is 3.34. The zero-order valence-electron chi connectivity index (χ0n) is 6.67. The van der Waals surface area contributed by atoms with E-state index in [9.17, 15) is 9.18 Å². The predicted molar refractivity (Wildman–Crippen MR) is 42.7 cm³/mol. The lowest BCUT2D eigenvalue weighted by Crippen LogP contribution is -1.99. The molecule has 0 heterocycles. The topological polar surface area (TPSA) is 37.3 Å². The van der Waals surface area contributed by atoms with Gasteiger partial charge in [0, 0.05) is 6.42 Å². The largest absolute Gasteiger partial charge is 0.505 e. The highest BCUT2D eigenvalue weighted by atomic mass is 19.1. The van der Waals surface area contributed by atoms with Gasteiger partial charge in [0.1, 0.15) is 0 Å². The van der Waals surface area contributed by atoms with Crippen molar-refractivity contribution in [3.63, 3.8) is 0 Å². The highest BCUT2D eigenvalue weighted by molar-refractivity contribution is 5.96. The molecule has 3 heteroatoms. The molecule has 1 rings (SSSR count). The Kier molecular flexibility index (Phi) is 2.43. The van der Waals surface area contributed by atoms with Crippen LogP contribution in [0.5, 0.6) is 5.75 Å². The van der Waals surface area contributed by atoms with Crippen molar-refractivity contribution in [2.75, 3.05) is 0 Å². The summed E-state index contributed by atoms with van der Waals surface area (Å²) >= 11 is 0. The third-order valence-corrected chi connectivity index (χ3v) is 1.60. The van der Waals surface area contributed by atoms with E-state index in [1.807, 2.05) is 0 Å². The van der Waals surface area contributed by atoms with Crippen molar-refractivity contribution in [1.82, 2.24) is 0 Å². The zero-order valence-corrected chi connectivity index (χ0v) is 6.67. The average Bonchev–Trinajstić information content (AvgIpc) is 2.08. The van der Waals surface area contributed by atoms with E-state index in [1.165, 1.54) is 18.2 Å². The number of ketones is 1. The van der Waals surface area contributed by atoms with Crippen LogP contribution in [0.25, 0.3) is 0 Å². The minimum atomic E-state index is -0.829. The fourth-order valence-electron chi connectivity index (χ4n) is 0.926. The van der Waals surface area contributed by atoms with E-state index in [0.717, 1.165) is 0 Å². The van der Waals surface area contributed by atoms with Crippen molar-refractivity contribution < 1.29 is 14.3 Å². The molecular weight excluding hydrogens is 159 g/mol. The smallest absolute Gasteiger partial charge is 0.175 e. The fourth-order valence-corrected chi connectivity index (χ4v) is 0.926. The molecule has 0 saturated heterocycles. The standard InChI is InChI=1S/C9H9FO2/c1-2-7(11)6-4-3-5-8(12)9(6)10/h3-5,12H,2H2,1H3. The van der Waals surface area contributed by atoms with E-state index < -0.39 is 11.6 Å². The van der Waals surface area contributed by atoms with Crippen molar-refractivity contribution in [2.45, 2.75) is 13.3 Å². The number of rotatable bonds is 2. The molecular formula is C9H9FO2. The van der Waals surface area contributed by atoms with E-state index in [4.69, 9.17) is 5.11 Å². The third-order valence-electron chi connectivity index (χ3n) is 1.60. The van der Waals surface area contributed by atoms with Crippen LogP contribution in [0.15, 0.2) is 18.2 Å². The summed E-state index contributed by atoms with van der Waals surface area (Å²) in [4.78, 5) is 11.0. The predicted octanol–water partition coefficient (Wildman–Crippen LogP) is 2.12. The van der Waals surface area contributed by atoms with Crippen molar-refractivity contribution >= 4 is 5.78 Å². The van der Waals surface area contributed by atoms with Gasteiger partial charge in [-0.3, -0.25) is 4.79 Å². The number of hydrogen-bond donors (Lipinski definition) is 1. The quantitative estimate of drug-likeness (QED) is 0.687. The molecule has 1 aromatic carbocycles. The van der Waals surface area contributed by atoms with Gasteiger partial charge >= 0.3 is 0 Å². The van der Waals surface area contributed by atoms with Crippen LogP contribution in [0.2, 0.25) is 0 Å². The highest BCUT2D eigenvalue weighted by Crippen LogP contribution is 2.19. The van der Waals surface area contributed by atoms with Gasteiger partial charge in [0.25, 0.3) is 0 Å². The molecule has 1 aromatic rings. The van der Waals surface area contributed by atoms with E-state index in [1.54, 1.807) is 6.92 Å². The van der Waals surface area contributed by atoms with E-state index in [-0.39, 0.29) is 17.8 Å². The molecule has 0 amide bonds. The summed E-state index contributed by atoms with van der Waals surface area (Å²) in [6, 6.07) is 4.02. The first-order chi connectivity index (χ1) is 5.66. The maximum Gasteiger partial charge on any atom is 0.175 e. The van der Waals surface area contributed by atoms with E-state index in [0.29, 0.717) is 0 Å². The lowest BCUT2D eigenvalue weighted by atomic mass is 10.1. The SMILES string of the molecule is CCC(=O)c1cccc(O)c1F. The second-order valence-corrected chi connectivity index (χ2v) is 2.42. The van der Waals surface area contributed by atoms with E-state index in [2.05, 4.69) is 0 Å². The second-order valence-electron chi connectivity index (χ2n) is 2.42. The van der Waals surface area contributed by atoms with Gasteiger partial charge in [-0.15, -0.1) is 0 Å². The number of phenols is 1. The molecule has 0 bridgehead atoms. The number of hydrogen-bond acceptors (Lipinski definition) is 2. The van der Waals surface area contributed by atoms with Gasteiger partial charge in [-0.05, 0) is 12.1 Å². The Labute approximate surface area is 69.6 Å². The summed E-state index contributed by atoms with van der Waals surface area (Å²) in [5.41, 5.74) is -0.0440. The maximum absolute atomic E-state index is 13.0. The Morgan fingerprint density at radius 3 is 2.83 bits per heavy atom. The summed E-state index contributed by atoms with van der Waals surface area (Å²) in [5.74, 6) is -1.61. The fraction of sp³-hybridized carbons (Fsp3) is 0.222. The van der Waals surface area contributed by atoms with Crippen LogP contribution >= 0.6 is 0 Å². The minimum Gasteiger partial charge on any atom is -0.505 e. The number of carbonyl (C=O) groups is 1. The Hall–Kier alpha value is -1.38. The van der Waals surface area contributed by atoms with Crippen molar-refractivity contribution in [3.8, 4) is 5.75 Å². The first-order valence-corrected chi connectivity index (χ1v) is 3.67. The summed E-state index contributed by atoms with van der Waals surface area (Å²) < 4.78 is 13.0. The lowest BCUT2D eigenvalue weighted by molar-refractivity contribution is 0.0983. The number of benzene rings is 1. The molecule has 12 heavy (non-hydrogen) atoms. The average molecular weight is 168 g/mol. The summed E-state index contributed by atoms with van der Waals surface area (Å²) in [5, 5.41) is 8.92. The van der Waals surface area contributed by atoms with Crippen LogP contribution in [-0.4, -0.2) is 10.9 Å². The van der Waals surface area contributed by atoms with Crippen LogP contribution in [0.4, 0.5) is 4.39 Å². The van der Waals surface area contributed by atoms with Gasteiger partial charge in [-0.2, -0.15) is 0 Å². The van der Waals surface area contributed by atoms with Crippen LogP contribution in [0, 0.1) is 5.82 Å². The van der Waals surface area contributed by atoms with Crippen molar-refractivity contribution in [1.29, 1.82) is 0 Å². The third kappa shape index (κ3) is 1.44. The molecule has 0 spiro atoms. The van der Waals surface area contributed by atoms with Crippen LogP contribution in [-0.2, 0) is 0 Å². The van der Waals surface area contributed by atoms with Crippen molar-refractivity contribution in [2.24, 2.45) is 0 Å². The lowest BCUT2D eigenvalue weighted by Gasteiger charge is -2.00. The molecule has 0 aromatic heterocycles. The summed E-state index contributed by atoms with van der Waals surface area (Å²) in [6.45, 7) is 1.64. The monoisotopic (exact) mass is 168 g/mol. The van der Waals surface area contributed by atoms with Crippen LogP contribution < -0.4 is 0 Å². The van der Waals surface area contributed by atoms with Gasteiger partial charge in [-0.1, -0.05) is 13.0 Å². The normalized spacial score (nSPS) is 9.83. The number of aromatic hydroxyl groups is 1. The molecule has 0 unspecified atom stereocenters. The van der Waals surface area contributed by atoms with Gasteiger partial charge in [-0.25, -0.2) is 4.39 Å². The molecule has 0 radical (unpaired) electrons. The molecule has 0 aliphatic heterocycles. The molecule has 0 fully saturated rings. The molecule has 0 atom stereocenters. The molecule has 0 aliphatic carbocycles. The Balaban J connectivity index is 3.16. The van der Waals surface area contributed by atoms with Gasteiger partial charge in [0.2, 0.25) is 0 Å². The van der Waals surface area contributed by atoms with Gasteiger partial charge in [0.15, 0.2) is 17.3 Å². The first-order valence-electron chi connectivity index (χ1n) is 3.67. The molecule has 0 aliphatic rings. The number of phenolic OH excluding ortho intramolecular Hbond substituents is 1. The van der Waals surface area contributed by atoms with Crippen LogP contribution in [0.3, 0.4) is 0 Å². The van der Waals surface area contributed by atoms with Gasteiger partial charge in [0.05, 0.1) is 5.56 Å². The Morgan fingerprint density at radius 1 is 1.58 bits per heavy atom. The number of carbonyl (C=O) groups excluding carboxylic acids is 1. The Morgan fingerprint density at radius 2 is 2.25 bits per heavy atom. The maximum atomic E-state index is 13.0. The highest BCUT2D eigenvalue weighted by Gasteiger charge is 2.11. The zero-order chi connectivity index (χ0) is 9.14. The molecule has 0 saturated carbocycles. The first kappa shape index (κ1) is 8.71. The summed E-state index contributed by atoms with van der Waals surface area (Å²) in [6.07, 6.45) is 0.236. The van der Waals surface area contributed by atoms with Crippen LogP contribution in [0.1, 0.15) is 23.7 Å². The molecule has 64 valence electrons. The minimum absolute atomic E-state index is 0.0440. The number of Topliss-reactive ketones (excluding diaryl/α,β-unsaturated/α-hetero) is 1. The molecule has 1 N–H and O–H groups in total. The number of halogens is 1. The van der Waals surface area contributed by atoms with E-state index >= 15 is 0 Å².